The zero-order valence-electron chi connectivity index (χ0n) is 58.3. The van der Waals surface area contributed by atoms with Crippen LogP contribution in [0, 0.1) is 46.5 Å². The summed E-state index contributed by atoms with van der Waals surface area (Å²) in [5, 5.41) is 24.5. The molecule has 0 bridgehead atoms. The monoisotopic (exact) mass is 1730 g/mol. The van der Waals surface area contributed by atoms with Crippen LogP contribution in [0.3, 0.4) is 0 Å². The fourth-order valence-electron chi connectivity index (χ4n) is 12.7. The smallest absolute Gasteiger partial charge is 0.264 e. The Hall–Kier alpha value is -7.23. The normalized spacial score (nSPS) is 19.1. The van der Waals surface area contributed by atoms with E-state index in [1.54, 1.807) is 0 Å². The fourth-order valence-corrected chi connectivity index (χ4v) is 21.3. The molecule has 8 aromatic carbocycles. The van der Waals surface area contributed by atoms with E-state index >= 15 is 0 Å². The first-order valence-electron chi connectivity index (χ1n) is 33.7. The van der Waals surface area contributed by atoms with Gasteiger partial charge in [-0.15, -0.1) is 0 Å². The maximum absolute atomic E-state index is 14.8. The Morgan fingerprint density at radius 3 is 1.35 bits per heavy atom. The summed E-state index contributed by atoms with van der Waals surface area (Å²) in [7, 11) is -20.0. The summed E-state index contributed by atoms with van der Waals surface area (Å²) in [6.45, 7) is 1.03. The number of hydrogen-bond acceptors (Lipinski definition) is 21. The van der Waals surface area contributed by atoms with E-state index in [1.807, 2.05) is 0 Å². The van der Waals surface area contributed by atoms with E-state index in [2.05, 4.69) is 20.1 Å². The van der Waals surface area contributed by atoms with E-state index < -0.39 is 152 Å². The minimum Gasteiger partial charge on any atom is -0.488 e. The summed E-state index contributed by atoms with van der Waals surface area (Å²) in [5.74, 6) is -8.23. The summed E-state index contributed by atoms with van der Waals surface area (Å²) in [6.07, 6.45) is 4.15. The SMILES string of the molecule is CS(=O)(=O)OCCCN[C@H]1COc2c(F)ccc(F)c2[C@@H]1S(=O)(=O)c1ccc(Cl)cc1.NCCCO.O=S(=O)(C1=CCOc2c(F)ccc(F)c21)c1ccc(Cl)cc1.O=S(=O)(c1ccc(Cl)cc1)[C@H]1c2c(F)ccc(F)c2OC[C@@H]1NCCCO.O=S(=O)(c1ccc(Cl)cc1)[C@]12CCCN[C@H]1COc1c(F)ccc(F)c12. The average Bonchev–Trinajstić information content (AvgIpc) is 0.696. The number of nitrogens with one attached hydrogen (secondary N) is 3. The van der Waals surface area contributed by atoms with Crippen molar-refractivity contribution in [2.45, 2.75) is 85.1 Å². The number of aliphatic hydroxyl groups excluding tert-OH is 2. The minimum absolute atomic E-state index is 0.0205. The summed E-state index contributed by atoms with van der Waals surface area (Å²) < 4.78 is 267. The van der Waals surface area contributed by atoms with Crippen LogP contribution in [0.2, 0.25) is 20.1 Å². The van der Waals surface area contributed by atoms with Gasteiger partial charge in [-0.3, -0.25) is 4.18 Å². The standard InChI is InChI=1S/C19H20ClF2NO6S2.C18H18ClF2NO4S.C18H16ClF2NO3S.C15H9ClF2O3S.C3H9NO/c1-30(24,25)29-10-2-9-23-16-11-28-18-15(22)8-7-14(21)17(18)19(16)31(26,27)13-5-3-12(20)4-6-13;19-11-2-4-12(5-3-11)27(24,25)18-15(22-8-1-9-23)10-26-17-14(21)7-6-13(20)16(17)18;19-11-2-4-12(5-3-11)26(23,24)18-8-1-9-22-15(18)10-25-17-14(21)7-6-13(20)16(17)18;16-9-1-3-10(4-2-9)22(19,20)13-7-8-21-15-12(18)6-5-11(17)14(13)15;4-2-1-3-5/h3-8,16,19,23H,2,9-11H2,1H3;2-7,15,18,22-23H,1,8-10H2;2-7,15,22H,1,8-10H2;1-7H,8H2;5H,1-4H2/t16-,19+;2*15-,18+;;/m000../s1. The van der Waals surface area contributed by atoms with Crippen molar-refractivity contribution in [2.24, 2.45) is 5.73 Å². The van der Waals surface area contributed by atoms with Crippen LogP contribution in [-0.4, -0.2) is 149 Å². The highest BCUT2D eigenvalue weighted by atomic mass is 35.5. The Morgan fingerprint density at radius 2 is 0.901 bits per heavy atom. The molecule has 38 heteroatoms. The van der Waals surface area contributed by atoms with Crippen LogP contribution < -0.4 is 40.6 Å². The first-order chi connectivity index (χ1) is 52.6. The lowest BCUT2D eigenvalue weighted by Crippen LogP contribution is -2.61. The molecule has 5 aliphatic rings. The molecular formula is C73H72Cl4F8N4O17S5. The van der Waals surface area contributed by atoms with E-state index in [1.165, 1.54) is 103 Å². The van der Waals surface area contributed by atoms with Gasteiger partial charge in [0, 0.05) is 33.3 Å². The van der Waals surface area contributed by atoms with Crippen molar-refractivity contribution in [1.82, 2.24) is 16.0 Å². The summed E-state index contributed by atoms with van der Waals surface area (Å²) in [4.78, 5) is -0.507. The first-order valence-corrected chi connectivity index (χ1v) is 43.1. The zero-order valence-corrected chi connectivity index (χ0v) is 65.4. The van der Waals surface area contributed by atoms with Crippen molar-refractivity contribution in [3.05, 3.63) is 241 Å². The van der Waals surface area contributed by atoms with Crippen LogP contribution in [0.15, 0.2) is 171 Å². The van der Waals surface area contributed by atoms with Gasteiger partial charge in [0.1, 0.15) is 64.9 Å². The number of piperidine rings is 1. The zero-order chi connectivity index (χ0) is 81.0. The number of nitrogens with two attached hydrogens (primary N) is 1. The van der Waals surface area contributed by atoms with Crippen LogP contribution in [0.4, 0.5) is 35.1 Å². The number of halogens is 12. The Balaban J connectivity index is 0.000000167. The quantitative estimate of drug-likeness (QED) is 0.0235. The highest BCUT2D eigenvalue weighted by molar-refractivity contribution is 8.00. The van der Waals surface area contributed by atoms with E-state index in [-0.39, 0.29) is 113 Å². The lowest BCUT2D eigenvalue weighted by atomic mass is 9.81. The van der Waals surface area contributed by atoms with E-state index in [9.17, 15) is 77.2 Å². The van der Waals surface area contributed by atoms with E-state index in [0.29, 0.717) is 52.6 Å². The Kier molecular flexibility index (Phi) is 29.9. The molecule has 0 amide bonds. The van der Waals surface area contributed by atoms with Crippen molar-refractivity contribution in [1.29, 1.82) is 0 Å². The molecule has 7 N–H and O–H groups in total. The second-order valence-electron chi connectivity index (χ2n) is 25.0. The van der Waals surface area contributed by atoms with Gasteiger partial charge >= 0.3 is 0 Å². The number of aliphatic hydroxyl groups is 2. The third-order valence-corrected chi connectivity index (χ3v) is 28.1. The van der Waals surface area contributed by atoms with Crippen molar-refractivity contribution in [3.63, 3.8) is 0 Å². The lowest BCUT2D eigenvalue weighted by Gasteiger charge is -2.47. The summed E-state index contributed by atoms with van der Waals surface area (Å²) in [6, 6.07) is 26.8. The second kappa shape index (κ2) is 37.8. The molecule has 6 atom stereocenters. The van der Waals surface area contributed by atoms with Crippen LogP contribution in [0.5, 0.6) is 23.0 Å². The molecule has 0 aliphatic carbocycles. The second-order valence-corrected chi connectivity index (χ2v) is 36.7. The van der Waals surface area contributed by atoms with Gasteiger partial charge in [-0.25, -0.2) is 68.8 Å². The van der Waals surface area contributed by atoms with Crippen LogP contribution in [0.1, 0.15) is 64.9 Å². The maximum atomic E-state index is 14.8. The molecule has 1 fully saturated rings. The topological polar surface area (TPSA) is 319 Å². The highest BCUT2D eigenvalue weighted by Crippen LogP contribution is 2.53. The van der Waals surface area contributed by atoms with Gasteiger partial charge in [0.2, 0.25) is 9.84 Å². The number of rotatable bonds is 20. The number of hydrogen-bond donors (Lipinski definition) is 6. The molecule has 0 unspecified atom stereocenters. The third kappa shape index (κ3) is 19.9. The van der Waals surface area contributed by atoms with Crippen molar-refractivity contribution in [3.8, 4) is 23.0 Å². The number of sulfone groups is 4. The molecule has 0 aromatic heterocycles. The summed E-state index contributed by atoms with van der Waals surface area (Å²) >= 11 is 23.3. The van der Waals surface area contributed by atoms with Crippen LogP contribution in [0.25, 0.3) is 4.91 Å². The molecular weight excluding hydrogens is 1660 g/mol. The van der Waals surface area contributed by atoms with Gasteiger partial charge in [-0.1, -0.05) is 46.4 Å². The number of benzene rings is 8. The minimum atomic E-state index is -4.18. The molecule has 8 aromatic rings. The number of fused-ring (bicyclic) bond motifs is 6. The molecule has 0 radical (unpaired) electrons. The molecule has 5 heterocycles. The lowest BCUT2D eigenvalue weighted by molar-refractivity contribution is 0.157. The van der Waals surface area contributed by atoms with Gasteiger partial charge in [0.15, 0.2) is 75.8 Å². The predicted molar refractivity (Wildman–Crippen MR) is 400 cm³/mol. The van der Waals surface area contributed by atoms with Crippen molar-refractivity contribution < 1.29 is 111 Å². The number of ether oxygens (including phenoxy) is 4. The van der Waals surface area contributed by atoms with E-state index in [4.69, 9.17) is 81.3 Å². The van der Waals surface area contributed by atoms with Crippen LogP contribution >= 0.6 is 46.4 Å². The fraction of sp³-hybridized carbons (Fsp3) is 0.315. The Morgan fingerprint density at radius 1 is 0.495 bits per heavy atom. The molecule has 600 valence electrons. The molecule has 1 saturated heterocycles. The van der Waals surface area contributed by atoms with Gasteiger partial charge in [0.05, 0.1) is 77.7 Å². The average molecular weight is 1730 g/mol. The molecule has 21 nitrogen and oxygen atoms in total. The summed E-state index contributed by atoms with van der Waals surface area (Å²) in [5.41, 5.74) is 3.63. The molecule has 5 aliphatic heterocycles. The van der Waals surface area contributed by atoms with Gasteiger partial charge in [-0.05, 0) is 210 Å². The Labute approximate surface area is 655 Å². The van der Waals surface area contributed by atoms with Gasteiger partial charge < -0.3 is 50.8 Å². The predicted octanol–water partition coefficient (Wildman–Crippen LogP) is 12.3. The van der Waals surface area contributed by atoms with E-state index in [0.717, 1.165) is 61.2 Å². The first kappa shape index (κ1) is 87.7. The molecule has 0 spiro atoms. The third-order valence-electron chi connectivity index (χ3n) is 17.8. The molecule has 0 saturated carbocycles. The largest absolute Gasteiger partial charge is 0.488 e. The van der Waals surface area contributed by atoms with Gasteiger partial charge in [0.25, 0.3) is 10.1 Å². The van der Waals surface area contributed by atoms with Crippen molar-refractivity contribution >= 4 is 101 Å². The maximum Gasteiger partial charge on any atom is 0.264 e. The van der Waals surface area contributed by atoms with Crippen LogP contribution in [-0.2, 0) is 58.4 Å². The molecule has 111 heavy (non-hydrogen) atoms. The van der Waals surface area contributed by atoms with Gasteiger partial charge in [-0.2, -0.15) is 8.42 Å². The Bertz CT molecular complexity index is 5270. The highest BCUT2D eigenvalue weighted by Gasteiger charge is 2.59. The molecule has 13 rings (SSSR count). The van der Waals surface area contributed by atoms with Crippen molar-refractivity contribution in [2.75, 3.05) is 78.7 Å².